The van der Waals surface area contributed by atoms with E-state index in [1.165, 1.54) is 25.7 Å². The molecular formula is C16H31N3O. The van der Waals surface area contributed by atoms with Crippen molar-refractivity contribution < 1.29 is 4.79 Å². The highest BCUT2D eigenvalue weighted by atomic mass is 16.2. The molecule has 0 radical (unpaired) electrons. The van der Waals surface area contributed by atoms with E-state index in [-0.39, 0.29) is 12.1 Å². The summed E-state index contributed by atoms with van der Waals surface area (Å²) in [7, 11) is 0. The predicted octanol–water partition coefficient (Wildman–Crippen LogP) is 2.69. The molecule has 0 bridgehead atoms. The van der Waals surface area contributed by atoms with Crippen LogP contribution in [0.5, 0.6) is 0 Å². The molecule has 0 spiro atoms. The van der Waals surface area contributed by atoms with Crippen LogP contribution in [0, 0.1) is 5.92 Å². The van der Waals surface area contributed by atoms with Crippen molar-refractivity contribution in [1.29, 1.82) is 0 Å². The van der Waals surface area contributed by atoms with E-state index < -0.39 is 0 Å². The second kappa shape index (κ2) is 7.30. The number of piperidine rings is 2. The lowest BCUT2D eigenvalue weighted by atomic mass is 10.0. The summed E-state index contributed by atoms with van der Waals surface area (Å²) in [6.45, 7) is 10.3. The minimum atomic E-state index is 0.249. The van der Waals surface area contributed by atoms with Gasteiger partial charge in [-0.2, -0.15) is 0 Å². The standard InChI is InChI=1S/C16H31N3O/c1-13(2)19(12-15-8-4-5-9-17-15)16(20)18-10-6-7-14(3)11-18/h13-15,17H,4-12H2,1-3H3. The van der Waals surface area contributed by atoms with Crippen molar-refractivity contribution in [2.75, 3.05) is 26.2 Å². The van der Waals surface area contributed by atoms with Gasteiger partial charge in [-0.3, -0.25) is 0 Å². The van der Waals surface area contributed by atoms with Crippen LogP contribution in [0.3, 0.4) is 0 Å². The number of likely N-dealkylation sites (tertiary alicyclic amines) is 1. The number of hydrogen-bond donors (Lipinski definition) is 1. The van der Waals surface area contributed by atoms with Gasteiger partial charge in [0.05, 0.1) is 0 Å². The molecule has 2 aliphatic rings. The molecule has 0 aromatic rings. The first-order valence-electron chi connectivity index (χ1n) is 8.37. The van der Waals surface area contributed by atoms with Crippen LogP contribution in [0.2, 0.25) is 0 Å². The van der Waals surface area contributed by atoms with Crippen LogP contribution in [0.4, 0.5) is 4.79 Å². The zero-order valence-electron chi connectivity index (χ0n) is 13.4. The Morgan fingerprint density at radius 3 is 2.70 bits per heavy atom. The average molecular weight is 281 g/mol. The lowest BCUT2D eigenvalue weighted by molar-refractivity contribution is 0.113. The summed E-state index contributed by atoms with van der Waals surface area (Å²) in [5, 5.41) is 3.56. The van der Waals surface area contributed by atoms with E-state index in [0.717, 1.165) is 32.6 Å². The zero-order valence-corrected chi connectivity index (χ0v) is 13.4. The smallest absolute Gasteiger partial charge is 0.320 e. The van der Waals surface area contributed by atoms with Gasteiger partial charge >= 0.3 is 6.03 Å². The molecule has 2 unspecified atom stereocenters. The fourth-order valence-electron chi connectivity index (χ4n) is 3.37. The molecule has 2 heterocycles. The minimum absolute atomic E-state index is 0.249. The highest BCUT2D eigenvalue weighted by Crippen LogP contribution is 2.19. The van der Waals surface area contributed by atoms with E-state index in [2.05, 4.69) is 35.9 Å². The number of carbonyl (C=O) groups excluding carboxylic acids is 1. The van der Waals surface area contributed by atoms with Crippen LogP contribution in [0.25, 0.3) is 0 Å². The fraction of sp³-hybridized carbons (Fsp3) is 0.938. The van der Waals surface area contributed by atoms with Crippen LogP contribution in [-0.2, 0) is 0 Å². The van der Waals surface area contributed by atoms with Gasteiger partial charge in [0.2, 0.25) is 0 Å². The monoisotopic (exact) mass is 281 g/mol. The summed E-state index contributed by atoms with van der Waals surface area (Å²) in [6.07, 6.45) is 6.18. The van der Waals surface area contributed by atoms with Gasteiger partial charge in [0, 0.05) is 31.7 Å². The predicted molar refractivity (Wildman–Crippen MR) is 82.9 cm³/mol. The van der Waals surface area contributed by atoms with Gasteiger partial charge in [-0.25, -0.2) is 4.79 Å². The molecule has 2 aliphatic heterocycles. The van der Waals surface area contributed by atoms with Crippen molar-refractivity contribution in [1.82, 2.24) is 15.1 Å². The SMILES string of the molecule is CC1CCCN(C(=O)N(CC2CCCCN2)C(C)C)C1. The summed E-state index contributed by atoms with van der Waals surface area (Å²) in [5.74, 6) is 0.648. The Kier molecular flexibility index (Phi) is 5.70. The maximum Gasteiger partial charge on any atom is 0.320 e. The van der Waals surface area contributed by atoms with Gasteiger partial charge in [-0.05, 0) is 52.0 Å². The van der Waals surface area contributed by atoms with Gasteiger partial charge in [-0.1, -0.05) is 13.3 Å². The summed E-state index contributed by atoms with van der Waals surface area (Å²) in [5.41, 5.74) is 0. The molecule has 1 N–H and O–H groups in total. The molecule has 2 fully saturated rings. The second-order valence-corrected chi connectivity index (χ2v) is 6.87. The molecule has 2 atom stereocenters. The topological polar surface area (TPSA) is 35.6 Å². The average Bonchev–Trinajstić information content (AvgIpc) is 2.45. The summed E-state index contributed by atoms with van der Waals surface area (Å²) in [6, 6.07) is 1.01. The van der Waals surface area contributed by atoms with Crippen LogP contribution < -0.4 is 5.32 Å². The molecule has 2 amide bonds. The molecule has 116 valence electrons. The van der Waals surface area contributed by atoms with Crippen LogP contribution in [-0.4, -0.2) is 54.1 Å². The van der Waals surface area contributed by atoms with Gasteiger partial charge < -0.3 is 15.1 Å². The van der Waals surface area contributed by atoms with Crippen molar-refractivity contribution in [3.8, 4) is 0 Å². The van der Waals surface area contributed by atoms with Crippen molar-refractivity contribution in [3.63, 3.8) is 0 Å². The zero-order chi connectivity index (χ0) is 14.5. The van der Waals surface area contributed by atoms with E-state index >= 15 is 0 Å². The summed E-state index contributed by atoms with van der Waals surface area (Å²) >= 11 is 0. The third-order valence-corrected chi connectivity index (χ3v) is 4.63. The number of amides is 2. The van der Waals surface area contributed by atoms with E-state index in [9.17, 15) is 4.79 Å². The van der Waals surface area contributed by atoms with Gasteiger partial charge in [0.15, 0.2) is 0 Å². The third-order valence-electron chi connectivity index (χ3n) is 4.63. The maximum atomic E-state index is 12.8. The molecule has 20 heavy (non-hydrogen) atoms. The number of nitrogens with zero attached hydrogens (tertiary/aromatic N) is 2. The molecule has 0 aromatic carbocycles. The highest BCUT2D eigenvalue weighted by Gasteiger charge is 2.28. The van der Waals surface area contributed by atoms with E-state index in [1.54, 1.807) is 0 Å². The Hall–Kier alpha value is -0.770. The van der Waals surface area contributed by atoms with Crippen LogP contribution in [0.1, 0.15) is 52.9 Å². The minimum Gasteiger partial charge on any atom is -0.324 e. The molecular weight excluding hydrogens is 250 g/mol. The lowest BCUT2D eigenvalue weighted by Gasteiger charge is -2.39. The van der Waals surface area contributed by atoms with E-state index in [1.807, 2.05) is 0 Å². The maximum absolute atomic E-state index is 12.8. The quantitative estimate of drug-likeness (QED) is 0.863. The normalized spacial score (nSPS) is 27.7. The number of nitrogens with one attached hydrogen (secondary N) is 1. The second-order valence-electron chi connectivity index (χ2n) is 6.87. The Labute approximate surface area is 123 Å². The molecule has 2 saturated heterocycles. The number of carbonyl (C=O) groups is 1. The molecule has 4 heteroatoms. The largest absolute Gasteiger partial charge is 0.324 e. The Balaban J connectivity index is 1.94. The highest BCUT2D eigenvalue weighted by molar-refractivity contribution is 5.75. The molecule has 2 rings (SSSR count). The molecule has 4 nitrogen and oxygen atoms in total. The Bertz CT molecular complexity index is 313. The van der Waals surface area contributed by atoms with Crippen molar-refractivity contribution >= 4 is 6.03 Å². The first-order chi connectivity index (χ1) is 9.58. The lowest BCUT2D eigenvalue weighted by Crippen LogP contribution is -2.54. The first kappa shape index (κ1) is 15.6. The number of hydrogen-bond acceptors (Lipinski definition) is 2. The molecule has 0 saturated carbocycles. The van der Waals surface area contributed by atoms with Crippen molar-refractivity contribution in [2.45, 2.75) is 65.0 Å². The molecule has 0 aliphatic carbocycles. The fourth-order valence-corrected chi connectivity index (χ4v) is 3.37. The third kappa shape index (κ3) is 4.11. The summed E-state index contributed by atoms with van der Waals surface area (Å²) in [4.78, 5) is 16.9. The van der Waals surface area contributed by atoms with Crippen molar-refractivity contribution in [2.24, 2.45) is 5.92 Å². The first-order valence-corrected chi connectivity index (χ1v) is 8.37. The Morgan fingerprint density at radius 1 is 1.30 bits per heavy atom. The Morgan fingerprint density at radius 2 is 2.10 bits per heavy atom. The number of rotatable bonds is 3. The van der Waals surface area contributed by atoms with Crippen molar-refractivity contribution in [3.05, 3.63) is 0 Å². The van der Waals surface area contributed by atoms with Crippen LogP contribution >= 0.6 is 0 Å². The number of urea groups is 1. The van der Waals surface area contributed by atoms with E-state index in [4.69, 9.17) is 0 Å². The van der Waals surface area contributed by atoms with E-state index in [0.29, 0.717) is 12.0 Å². The van der Waals surface area contributed by atoms with Gasteiger partial charge in [-0.15, -0.1) is 0 Å². The summed E-state index contributed by atoms with van der Waals surface area (Å²) < 4.78 is 0. The molecule has 0 aromatic heterocycles. The van der Waals surface area contributed by atoms with Crippen LogP contribution in [0.15, 0.2) is 0 Å². The van der Waals surface area contributed by atoms with Gasteiger partial charge in [0.25, 0.3) is 0 Å². The van der Waals surface area contributed by atoms with Gasteiger partial charge in [0.1, 0.15) is 0 Å².